The van der Waals surface area contributed by atoms with Gasteiger partial charge in [0.2, 0.25) is 0 Å². The quantitative estimate of drug-likeness (QED) is 0.816. The predicted molar refractivity (Wildman–Crippen MR) is 92.0 cm³/mol. The lowest BCUT2D eigenvalue weighted by Crippen LogP contribution is -2.43. The van der Waals surface area contributed by atoms with Crippen molar-refractivity contribution in [1.82, 2.24) is 4.90 Å². The standard InChI is InChI=1S/C17H26N2O2.ClH/c1-3-21-17-8-7-14(13(2)20)10-15(17)12-19-9-5-4-6-16(19)11-18;/h7-8,10,16H,3-6,9,11-12,18H2,1-2H3;1H. The van der Waals surface area contributed by atoms with Crippen molar-refractivity contribution < 1.29 is 9.53 Å². The number of carbonyl (C=O) groups is 1. The Morgan fingerprint density at radius 3 is 2.82 bits per heavy atom. The van der Waals surface area contributed by atoms with Gasteiger partial charge >= 0.3 is 0 Å². The van der Waals surface area contributed by atoms with E-state index in [2.05, 4.69) is 4.90 Å². The molecule has 2 rings (SSSR count). The fourth-order valence-corrected chi connectivity index (χ4v) is 2.97. The Hall–Kier alpha value is -1.10. The summed E-state index contributed by atoms with van der Waals surface area (Å²) in [5.41, 5.74) is 7.73. The van der Waals surface area contributed by atoms with Crippen LogP contribution in [0.2, 0.25) is 0 Å². The number of ketones is 1. The Morgan fingerprint density at radius 1 is 1.41 bits per heavy atom. The molecule has 1 unspecified atom stereocenters. The number of ether oxygens (including phenoxy) is 1. The van der Waals surface area contributed by atoms with E-state index in [0.29, 0.717) is 19.2 Å². The number of likely N-dealkylation sites (tertiary alicyclic amines) is 1. The average molecular weight is 327 g/mol. The Morgan fingerprint density at radius 2 is 2.18 bits per heavy atom. The van der Waals surface area contributed by atoms with E-state index in [-0.39, 0.29) is 18.2 Å². The smallest absolute Gasteiger partial charge is 0.159 e. The minimum Gasteiger partial charge on any atom is -0.494 e. The third-order valence-electron chi connectivity index (χ3n) is 4.16. The fourth-order valence-electron chi connectivity index (χ4n) is 2.97. The summed E-state index contributed by atoms with van der Waals surface area (Å²) >= 11 is 0. The van der Waals surface area contributed by atoms with Gasteiger partial charge in [0.05, 0.1) is 6.61 Å². The van der Waals surface area contributed by atoms with Crippen LogP contribution in [0.15, 0.2) is 18.2 Å². The summed E-state index contributed by atoms with van der Waals surface area (Å²) in [5, 5.41) is 0. The number of halogens is 1. The maximum atomic E-state index is 11.6. The molecule has 0 aromatic heterocycles. The molecule has 1 aliphatic rings. The van der Waals surface area contributed by atoms with Crippen LogP contribution < -0.4 is 10.5 Å². The SMILES string of the molecule is CCOc1ccc(C(C)=O)cc1CN1CCCCC1CN.Cl. The van der Waals surface area contributed by atoms with Crippen LogP contribution in [-0.2, 0) is 6.54 Å². The van der Waals surface area contributed by atoms with Crippen molar-refractivity contribution >= 4 is 18.2 Å². The first-order chi connectivity index (χ1) is 10.2. The fraction of sp³-hybridized carbons (Fsp3) is 0.588. The number of Topliss-reactive ketones (excluding diaryl/α,β-unsaturated/α-hetero) is 1. The molecule has 0 amide bonds. The zero-order chi connectivity index (χ0) is 15.2. The maximum Gasteiger partial charge on any atom is 0.159 e. The van der Waals surface area contributed by atoms with Gasteiger partial charge in [0.1, 0.15) is 5.75 Å². The normalized spacial score (nSPS) is 18.6. The summed E-state index contributed by atoms with van der Waals surface area (Å²) in [6.07, 6.45) is 3.63. The average Bonchev–Trinajstić information content (AvgIpc) is 2.49. The van der Waals surface area contributed by atoms with Crippen molar-refractivity contribution in [3.8, 4) is 5.75 Å². The van der Waals surface area contributed by atoms with Gasteiger partial charge in [-0.05, 0) is 51.4 Å². The zero-order valence-corrected chi connectivity index (χ0v) is 14.3. The second-order valence-corrected chi connectivity index (χ2v) is 5.67. The van der Waals surface area contributed by atoms with Crippen LogP contribution in [-0.4, -0.2) is 36.4 Å². The molecule has 1 aromatic rings. The van der Waals surface area contributed by atoms with Crippen molar-refractivity contribution in [1.29, 1.82) is 0 Å². The van der Waals surface area contributed by atoms with Gasteiger partial charge < -0.3 is 10.5 Å². The molecule has 22 heavy (non-hydrogen) atoms. The molecule has 5 heteroatoms. The summed E-state index contributed by atoms with van der Waals surface area (Å²) in [5.74, 6) is 0.970. The minimum absolute atomic E-state index is 0. The molecule has 0 saturated carbocycles. The monoisotopic (exact) mass is 326 g/mol. The van der Waals surface area contributed by atoms with Crippen LogP contribution in [0.3, 0.4) is 0 Å². The van der Waals surface area contributed by atoms with E-state index in [1.165, 1.54) is 12.8 Å². The first-order valence-electron chi connectivity index (χ1n) is 7.86. The number of rotatable bonds is 6. The van der Waals surface area contributed by atoms with Crippen LogP contribution in [0.4, 0.5) is 0 Å². The molecule has 0 aliphatic carbocycles. The van der Waals surface area contributed by atoms with Gasteiger partial charge in [-0.3, -0.25) is 9.69 Å². The molecular weight excluding hydrogens is 300 g/mol. The van der Waals surface area contributed by atoms with Crippen LogP contribution in [0.5, 0.6) is 5.75 Å². The molecule has 2 N–H and O–H groups in total. The second-order valence-electron chi connectivity index (χ2n) is 5.67. The highest BCUT2D eigenvalue weighted by molar-refractivity contribution is 5.94. The minimum atomic E-state index is 0. The van der Waals surface area contributed by atoms with E-state index < -0.39 is 0 Å². The second kappa shape index (κ2) is 9.13. The van der Waals surface area contributed by atoms with Crippen molar-refractivity contribution in [3.05, 3.63) is 29.3 Å². The van der Waals surface area contributed by atoms with Crippen molar-refractivity contribution in [2.24, 2.45) is 5.73 Å². The number of nitrogens with zero attached hydrogens (tertiary/aromatic N) is 1. The van der Waals surface area contributed by atoms with Crippen LogP contribution in [0.1, 0.15) is 49.0 Å². The molecule has 1 atom stereocenters. The maximum absolute atomic E-state index is 11.6. The summed E-state index contributed by atoms with van der Waals surface area (Å²) in [6.45, 7) is 6.77. The number of hydrogen-bond acceptors (Lipinski definition) is 4. The van der Waals surface area contributed by atoms with Crippen LogP contribution >= 0.6 is 12.4 Å². The molecule has 0 radical (unpaired) electrons. The van der Waals surface area contributed by atoms with Gasteiger partial charge in [0, 0.05) is 30.3 Å². The summed E-state index contributed by atoms with van der Waals surface area (Å²) in [7, 11) is 0. The topological polar surface area (TPSA) is 55.6 Å². The summed E-state index contributed by atoms with van der Waals surface area (Å²) in [4.78, 5) is 14.0. The van der Waals surface area contributed by atoms with Crippen LogP contribution in [0.25, 0.3) is 0 Å². The van der Waals surface area contributed by atoms with Gasteiger partial charge in [-0.1, -0.05) is 6.42 Å². The van der Waals surface area contributed by atoms with Gasteiger partial charge in [0.25, 0.3) is 0 Å². The van der Waals surface area contributed by atoms with E-state index in [4.69, 9.17) is 10.5 Å². The number of nitrogens with two attached hydrogens (primary N) is 1. The lowest BCUT2D eigenvalue weighted by atomic mass is 10.00. The predicted octanol–water partition coefficient (Wildman–Crippen LogP) is 3.02. The first-order valence-corrected chi connectivity index (χ1v) is 7.86. The third kappa shape index (κ3) is 4.70. The molecule has 4 nitrogen and oxygen atoms in total. The zero-order valence-electron chi connectivity index (χ0n) is 13.5. The number of carbonyl (C=O) groups excluding carboxylic acids is 1. The van der Waals surface area contributed by atoms with Crippen molar-refractivity contribution in [2.45, 2.75) is 45.7 Å². The molecule has 0 spiro atoms. The van der Waals surface area contributed by atoms with Gasteiger partial charge in [-0.15, -0.1) is 12.4 Å². The number of hydrogen-bond donors (Lipinski definition) is 1. The third-order valence-corrected chi connectivity index (χ3v) is 4.16. The molecule has 1 fully saturated rings. The van der Waals surface area contributed by atoms with Crippen LogP contribution in [0, 0.1) is 0 Å². The number of piperidine rings is 1. The molecule has 1 saturated heterocycles. The lowest BCUT2D eigenvalue weighted by Gasteiger charge is -2.35. The van der Waals surface area contributed by atoms with E-state index >= 15 is 0 Å². The van der Waals surface area contributed by atoms with Crippen molar-refractivity contribution in [2.75, 3.05) is 19.7 Å². The van der Waals surface area contributed by atoms with Gasteiger partial charge in [-0.2, -0.15) is 0 Å². The Bertz CT molecular complexity index is 494. The first kappa shape index (κ1) is 18.9. The molecular formula is C17H27ClN2O2. The highest BCUT2D eigenvalue weighted by Crippen LogP contribution is 2.26. The highest BCUT2D eigenvalue weighted by atomic mass is 35.5. The summed E-state index contributed by atoms with van der Waals surface area (Å²) < 4.78 is 5.71. The Balaban J connectivity index is 0.00000242. The molecule has 1 aliphatic heterocycles. The largest absolute Gasteiger partial charge is 0.494 e. The van der Waals surface area contributed by atoms with E-state index in [0.717, 1.165) is 36.4 Å². The number of benzene rings is 1. The molecule has 1 aromatic carbocycles. The Kier molecular flexibility index (Phi) is 7.87. The van der Waals surface area contributed by atoms with E-state index in [1.54, 1.807) is 6.92 Å². The summed E-state index contributed by atoms with van der Waals surface area (Å²) in [6, 6.07) is 6.16. The molecule has 124 valence electrons. The highest BCUT2D eigenvalue weighted by Gasteiger charge is 2.22. The molecule has 1 heterocycles. The Labute approximate surface area is 139 Å². The van der Waals surface area contributed by atoms with Gasteiger partial charge in [0.15, 0.2) is 5.78 Å². The van der Waals surface area contributed by atoms with Gasteiger partial charge in [-0.25, -0.2) is 0 Å². The molecule has 0 bridgehead atoms. The van der Waals surface area contributed by atoms with E-state index in [1.807, 2.05) is 25.1 Å². The van der Waals surface area contributed by atoms with E-state index in [9.17, 15) is 4.79 Å². The lowest BCUT2D eigenvalue weighted by molar-refractivity contribution is 0.101. The van der Waals surface area contributed by atoms with Crippen molar-refractivity contribution in [3.63, 3.8) is 0 Å².